The molecule has 0 amide bonds. The first-order chi connectivity index (χ1) is 8.65. The first kappa shape index (κ1) is 14.3. The largest absolute Gasteiger partial charge is 0.276 e. The highest BCUT2D eigenvalue weighted by atomic mass is 35.5. The van der Waals surface area contributed by atoms with Crippen molar-refractivity contribution in [3.05, 3.63) is 41.5 Å². The fraction of sp³-hybridized carbons (Fsp3) is 0.471. The van der Waals surface area contributed by atoms with Gasteiger partial charge in [-0.15, -0.1) is 0 Å². The maximum absolute atomic E-state index is 11.3. The van der Waals surface area contributed by atoms with Gasteiger partial charge in [-0.05, 0) is 52.0 Å². The Morgan fingerprint density at radius 3 is 2.16 bits per heavy atom. The Morgan fingerprint density at radius 1 is 1.11 bits per heavy atom. The van der Waals surface area contributed by atoms with Gasteiger partial charge in [-0.2, -0.15) is 0 Å². The topological polar surface area (TPSA) is 17.1 Å². The molecule has 1 nitrogen and oxygen atoms in total. The number of carbonyl (C=O) groups is 1. The van der Waals surface area contributed by atoms with E-state index < -0.39 is 5.24 Å². The molecule has 102 valence electrons. The number of benzene rings is 1. The molecule has 0 radical (unpaired) electrons. The number of hydrogen-bond donors (Lipinski definition) is 0. The molecule has 0 saturated carbocycles. The second-order valence-corrected chi connectivity index (χ2v) is 7.12. The van der Waals surface area contributed by atoms with Crippen molar-refractivity contribution in [1.29, 1.82) is 0 Å². The smallest absolute Gasteiger partial charge is 0.252 e. The molecule has 2 heteroatoms. The van der Waals surface area contributed by atoms with Crippen molar-refractivity contribution < 1.29 is 4.79 Å². The minimum Gasteiger partial charge on any atom is -0.276 e. The Kier molecular flexibility index (Phi) is 3.38. The summed E-state index contributed by atoms with van der Waals surface area (Å²) in [7, 11) is 0. The third-order valence-corrected chi connectivity index (χ3v) is 4.67. The molecule has 2 rings (SSSR count). The predicted molar refractivity (Wildman–Crippen MR) is 81.6 cm³/mol. The summed E-state index contributed by atoms with van der Waals surface area (Å²) >= 11 is 5.53. The lowest BCUT2D eigenvalue weighted by Crippen LogP contribution is -2.33. The van der Waals surface area contributed by atoms with Crippen molar-refractivity contribution in [2.75, 3.05) is 0 Å². The van der Waals surface area contributed by atoms with Crippen LogP contribution in [-0.4, -0.2) is 5.24 Å². The second-order valence-electron chi connectivity index (χ2n) is 6.78. The van der Waals surface area contributed by atoms with Crippen molar-refractivity contribution in [2.45, 2.75) is 51.4 Å². The van der Waals surface area contributed by atoms with Crippen molar-refractivity contribution >= 4 is 22.4 Å². The lowest BCUT2D eigenvalue weighted by Gasteiger charge is -2.42. The average Bonchev–Trinajstić information content (AvgIpc) is 2.33. The Labute approximate surface area is 120 Å². The highest BCUT2D eigenvalue weighted by Crippen LogP contribution is 2.46. The minimum atomic E-state index is -0.479. The van der Waals surface area contributed by atoms with E-state index in [9.17, 15) is 4.79 Å². The van der Waals surface area contributed by atoms with Crippen LogP contribution in [0.15, 0.2) is 24.8 Å². The zero-order valence-electron chi connectivity index (χ0n) is 12.1. The minimum absolute atomic E-state index is 0.135. The molecular weight excluding hydrogens is 256 g/mol. The van der Waals surface area contributed by atoms with Gasteiger partial charge in [-0.1, -0.05) is 52.5 Å². The average molecular weight is 277 g/mol. The van der Waals surface area contributed by atoms with Gasteiger partial charge in [-0.25, -0.2) is 0 Å². The van der Waals surface area contributed by atoms with Crippen LogP contribution >= 0.6 is 11.6 Å². The monoisotopic (exact) mass is 276 g/mol. The molecule has 0 saturated heterocycles. The summed E-state index contributed by atoms with van der Waals surface area (Å²) in [6, 6.07) is 6.19. The molecule has 0 atom stereocenters. The van der Waals surface area contributed by atoms with Gasteiger partial charge < -0.3 is 0 Å². The molecule has 1 aromatic carbocycles. The Hall–Kier alpha value is -1.08. The standard InChI is InChI=1S/C17H21ClO/c1-11(15(18)19)12-6-7-13-14(10-12)17(4,5)9-8-16(13,2)3/h6-7,10H,1,8-9H2,2-5H3. The van der Waals surface area contributed by atoms with Crippen LogP contribution in [0.4, 0.5) is 0 Å². The summed E-state index contributed by atoms with van der Waals surface area (Å²) in [6.45, 7) is 12.9. The number of rotatable bonds is 2. The van der Waals surface area contributed by atoms with E-state index in [1.54, 1.807) is 0 Å². The number of hydrogen-bond acceptors (Lipinski definition) is 1. The van der Waals surface area contributed by atoms with E-state index in [0.717, 1.165) is 12.0 Å². The molecule has 0 spiro atoms. The Morgan fingerprint density at radius 2 is 1.63 bits per heavy atom. The lowest BCUT2D eigenvalue weighted by atomic mass is 9.63. The van der Waals surface area contributed by atoms with E-state index in [1.807, 2.05) is 6.07 Å². The van der Waals surface area contributed by atoms with E-state index in [-0.39, 0.29) is 10.8 Å². The molecule has 1 aliphatic carbocycles. The van der Waals surface area contributed by atoms with E-state index in [0.29, 0.717) is 5.57 Å². The lowest BCUT2D eigenvalue weighted by molar-refractivity contribution is -0.106. The predicted octanol–water partition coefficient (Wildman–Crippen LogP) is 4.81. The maximum Gasteiger partial charge on any atom is 0.252 e. The van der Waals surface area contributed by atoms with Crippen molar-refractivity contribution in [3.8, 4) is 0 Å². The summed E-state index contributed by atoms with van der Waals surface area (Å²) in [6.07, 6.45) is 2.33. The van der Waals surface area contributed by atoms with Crippen LogP contribution in [0.1, 0.15) is 57.2 Å². The van der Waals surface area contributed by atoms with Crippen molar-refractivity contribution in [1.82, 2.24) is 0 Å². The van der Waals surface area contributed by atoms with Crippen LogP contribution in [0.25, 0.3) is 5.57 Å². The van der Waals surface area contributed by atoms with Gasteiger partial charge in [0, 0.05) is 5.57 Å². The number of fused-ring (bicyclic) bond motifs is 1. The summed E-state index contributed by atoms with van der Waals surface area (Å²) in [5, 5.41) is -0.479. The van der Waals surface area contributed by atoms with Crippen LogP contribution < -0.4 is 0 Å². The molecule has 0 aliphatic heterocycles. The molecule has 1 aliphatic rings. The van der Waals surface area contributed by atoms with Gasteiger partial charge in [-0.3, -0.25) is 4.79 Å². The van der Waals surface area contributed by atoms with Gasteiger partial charge in [0.25, 0.3) is 5.24 Å². The SMILES string of the molecule is C=C(C(=O)Cl)c1ccc2c(c1)C(C)(C)CCC2(C)C. The Bertz CT molecular complexity index is 552. The zero-order chi connectivity index (χ0) is 14.4. The van der Waals surface area contributed by atoms with E-state index in [1.165, 1.54) is 17.5 Å². The molecule has 19 heavy (non-hydrogen) atoms. The van der Waals surface area contributed by atoms with E-state index in [2.05, 4.69) is 46.4 Å². The first-order valence-electron chi connectivity index (χ1n) is 6.69. The summed E-state index contributed by atoms with van der Waals surface area (Å²) < 4.78 is 0. The summed E-state index contributed by atoms with van der Waals surface area (Å²) in [5.74, 6) is 0. The maximum atomic E-state index is 11.3. The van der Waals surface area contributed by atoms with Crippen molar-refractivity contribution in [2.24, 2.45) is 0 Å². The van der Waals surface area contributed by atoms with E-state index in [4.69, 9.17) is 11.6 Å². The van der Waals surface area contributed by atoms with Crippen LogP contribution in [0, 0.1) is 0 Å². The molecular formula is C17H21ClO. The van der Waals surface area contributed by atoms with Gasteiger partial charge in [0.1, 0.15) is 0 Å². The molecule has 0 fully saturated rings. The third kappa shape index (κ3) is 2.49. The highest BCUT2D eigenvalue weighted by molar-refractivity contribution is 6.74. The number of halogens is 1. The molecule has 0 bridgehead atoms. The fourth-order valence-electron chi connectivity index (χ4n) is 2.89. The quantitative estimate of drug-likeness (QED) is 0.559. The molecule has 0 aromatic heterocycles. The van der Waals surface area contributed by atoms with Crippen LogP contribution in [0.2, 0.25) is 0 Å². The van der Waals surface area contributed by atoms with Crippen LogP contribution in [0.3, 0.4) is 0 Å². The van der Waals surface area contributed by atoms with Gasteiger partial charge in [0.2, 0.25) is 0 Å². The van der Waals surface area contributed by atoms with E-state index >= 15 is 0 Å². The second kappa shape index (κ2) is 4.49. The molecule has 0 heterocycles. The number of allylic oxidation sites excluding steroid dienone is 1. The van der Waals surface area contributed by atoms with Gasteiger partial charge >= 0.3 is 0 Å². The summed E-state index contributed by atoms with van der Waals surface area (Å²) in [4.78, 5) is 11.3. The fourth-order valence-corrected chi connectivity index (χ4v) is 3.00. The molecule has 0 unspecified atom stereocenters. The van der Waals surface area contributed by atoms with Gasteiger partial charge in [0.05, 0.1) is 0 Å². The van der Waals surface area contributed by atoms with Crippen molar-refractivity contribution in [3.63, 3.8) is 0 Å². The highest BCUT2D eigenvalue weighted by Gasteiger charge is 2.37. The van der Waals surface area contributed by atoms with Gasteiger partial charge in [0.15, 0.2) is 0 Å². The third-order valence-electron chi connectivity index (χ3n) is 4.44. The number of carbonyl (C=O) groups excluding carboxylic acids is 1. The molecule has 0 N–H and O–H groups in total. The normalized spacial score (nSPS) is 19.6. The summed E-state index contributed by atoms with van der Waals surface area (Å²) in [5.41, 5.74) is 4.24. The Balaban J connectivity index is 2.60. The van der Waals surface area contributed by atoms with Crippen LogP contribution in [0.5, 0.6) is 0 Å². The first-order valence-corrected chi connectivity index (χ1v) is 7.07. The zero-order valence-corrected chi connectivity index (χ0v) is 12.9. The van der Waals surface area contributed by atoms with Crippen LogP contribution in [-0.2, 0) is 15.6 Å². The molecule has 1 aromatic rings.